The average Bonchev–Trinajstić information content (AvgIpc) is 3.34. The Hall–Kier alpha value is -3.32. The second-order valence-electron chi connectivity index (χ2n) is 5.41. The van der Waals surface area contributed by atoms with Crippen molar-refractivity contribution < 1.29 is 13.7 Å². The third kappa shape index (κ3) is 3.25. The monoisotopic (exact) mass is 365 g/mol. The number of carbonyl (C=O) groups is 1. The number of anilines is 1. The number of hydrogen-bond acceptors (Lipinski definition) is 5. The lowest BCUT2D eigenvalue weighted by atomic mass is 10.1. The van der Waals surface area contributed by atoms with Crippen molar-refractivity contribution in [3.8, 4) is 22.2 Å². The molecule has 2 aromatic carbocycles. The maximum absolute atomic E-state index is 13.7. The second kappa shape index (κ2) is 6.89. The van der Waals surface area contributed by atoms with Crippen LogP contribution in [-0.4, -0.2) is 16.0 Å². The Bertz CT molecular complexity index is 1040. The molecule has 26 heavy (non-hydrogen) atoms. The first-order chi connectivity index (χ1) is 12.7. The second-order valence-corrected chi connectivity index (χ2v) is 6.36. The Morgan fingerprint density at radius 3 is 2.58 bits per heavy atom. The van der Waals surface area contributed by atoms with Gasteiger partial charge in [0.25, 0.3) is 11.8 Å². The molecule has 0 aliphatic heterocycles. The normalized spacial score (nSPS) is 10.7. The molecule has 4 rings (SSSR count). The van der Waals surface area contributed by atoms with Crippen molar-refractivity contribution in [1.82, 2.24) is 10.1 Å². The van der Waals surface area contributed by atoms with Crippen molar-refractivity contribution in [2.75, 3.05) is 5.32 Å². The minimum absolute atomic E-state index is 0.00432. The molecule has 1 amide bonds. The summed E-state index contributed by atoms with van der Waals surface area (Å²) in [6, 6.07) is 16.6. The largest absolute Gasteiger partial charge is 0.333 e. The highest BCUT2D eigenvalue weighted by Crippen LogP contribution is 2.26. The number of nitrogens with zero attached hydrogens (tertiary/aromatic N) is 2. The summed E-state index contributed by atoms with van der Waals surface area (Å²) >= 11 is 1.52. The number of benzene rings is 2. The molecule has 1 N–H and O–H groups in total. The highest BCUT2D eigenvalue weighted by molar-refractivity contribution is 7.13. The van der Waals surface area contributed by atoms with Gasteiger partial charge in [-0.25, -0.2) is 4.39 Å². The van der Waals surface area contributed by atoms with Gasteiger partial charge >= 0.3 is 0 Å². The van der Waals surface area contributed by atoms with Gasteiger partial charge in [-0.3, -0.25) is 4.79 Å². The van der Waals surface area contributed by atoms with E-state index in [-0.39, 0.29) is 5.56 Å². The lowest BCUT2D eigenvalue weighted by Gasteiger charge is -2.06. The van der Waals surface area contributed by atoms with Crippen molar-refractivity contribution in [2.24, 2.45) is 0 Å². The van der Waals surface area contributed by atoms with E-state index in [1.54, 1.807) is 30.3 Å². The van der Waals surface area contributed by atoms with E-state index in [0.29, 0.717) is 17.4 Å². The van der Waals surface area contributed by atoms with Gasteiger partial charge in [-0.2, -0.15) is 4.98 Å². The first kappa shape index (κ1) is 16.2. The zero-order valence-corrected chi connectivity index (χ0v) is 14.2. The molecular weight excluding hydrogens is 353 g/mol. The smallest absolute Gasteiger partial charge is 0.268 e. The standard InChI is InChI=1S/C19H12FN3O2S/c20-15-5-2-1-4-14(15)18(24)21-13-9-7-12(8-10-13)17-22-19(25-23-17)16-6-3-11-26-16/h1-11H,(H,21,24). The zero-order valence-electron chi connectivity index (χ0n) is 13.3. The first-order valence-electron chi connectivity index (χ1n) is 7.74. The van der Waals surface area contributed by atoms with E-state index in [0.717, 1.165) is 10.4 Å². The average molecular weight is 365 g/mol. The van der Waals surface area contributed by atoms with Crippen LogP contribution < -0.4 is 5.32 Å². The predicted molar refractivity (Wildman–Crippen MR) is 97.4 cm³/mol. The van der Waals surface area contributed by atoms with Crippen molar-refractivity contribution in [2.45, 2.75) is 0 Å². The van der Waals surface area contributed by atoms with Crippen molar-refractivity contribution in [1.29, 1.82) is 0 Å². The summed E-state index contributed by atoms with van der Waals surface area (Å²) in [5.74, 6) is -0.141. The molecule has 4 aromatic rings. The SMILES string of the molecule is O=C(Nc1ccc(-c2noc(-c3cccs3)n2)cc1)c1ccccc1F. The third-order valence-electron chi connectivity index (χ3n) is 3.68. The minimum atomic E-state index is -0.561. The molecule has 0 bridgehead atoms. The van der Waals surface area contributed by atoms with Gasteiger partial charge < -0.3 is 9.84 Å². The van der Waals surface area contributed by atoms with Gasteiger partial charge in [-0.05, 0) is 47.8 Å². The van der Waals surface area contributed by atoms with Crippen molar-refractivity contribution in [3.63, 3.8) is 0 Å². The lowest BCUT2D eigenvalue weighted by molar-refractivity contribution is 0.102. The molecular formula is C19H12FN3O2S. The van der Waals surface area contributed by atoms with E-state index >= 15 is 0 Å². The maximum atomic E-state index is 13.7. The predicted octanol–water partition coefficient (Wildman–Crippen LogP) is 4.86. The van der Waals surface area contributed by atoms with Gasteiger partial charge in [0.15, 0.2) is 0 Å². The highest BCUT2D eigenvalue weighted by Gasteiger charge is 2.13. The summed E-state index contributed by atoms with van der Waals surface area (Å²) < 4.78 is 18.9. The number of halogens is 1. The molecule has 0 radical (unpaired) electrons. The topological polar surface area (TPSA) is 68.0 Å². The number of aromatic nitrogens is 2. The van der Waals surface area contributed by atoms with Crippen LogP contribution in [0.5, 0.6) is 0 Å². The van der Waals surface area contributed by atoms with Gasteiger partial charge in [0, 0.05) is 11.3 Å². The number of carbonyl (C=O) groups excluding carboxylic acids is 1. The van der Waals surface area contributed by atoms with E-state index in [4.69, 9.17) is 4.52 Å². The quantitative estimate of drug-likeness (QED) is 0.561. The molecule has 0 atom stereocenters. The van der Waals surface area contributed by atoms with Gasteiger partial charge in [0.2, 0.25) is 5.82 Å². The summed E-state index contributed by atoms with van der Waals surface area (Å²) in [4.78, 5) is 17.4. The van der Waals surface area contributed by atoms with Crippen LogP contribution in [0.25, 0.3) is 22.2 Å². The molecule has 0 fully saturated rings. The van der Waals surface area contributed by atoms with Gasteiger partial charge in [0.1, 0.15) is 5.82 Å². The van der Waals surface area contributed by atoms with E-state index < -0.39 is 11.7 Å². The van der Waals surface area contributed by atoms with Crippen molar-refractivity contribution in [3.05, 3.63) is 77.4 Å². The Morgan fingerprint density at radius 2 is 1.85 bits per heavy atom. The van der Waals surface area contributed by atoms with Crippen LogP contribution in [0.3, 0.4) is 0 Å². The molecule has 0 unspecified atom stereocenters. The molecule has 0 saturated carbocycles. The number of rotatable bonds is 4. The fourth-order valence-corrected chi connectivity index (χ4v) is 3.03. The molecule has 2 heterocycles. The van der Waals surface area contributed by atoms with Gasteiger partial charge in [0.05, 0.1) is 10.4 Å². The zero-order chi connectivity index (χ0) is 17.9. The summed E-state index contributed by atoms with van der Waals surface area (Å²) in [5.41, 5.74) is 1.29. The van der Waals surface area contributed by atoms with E-state index in [9.17, 15) is 9.18 Å². The Kier molecular flexibility index (Phi) is 4.28. The highest BCUT2D eigenvalue weighted by atomic mass is 32.1. The number of thiophene rings is 1. The van der Waals surface area contributed by atoms with Crippen LogP contribution in [0.1, 0.15) is 10.4 Å². The van der Waals surface area contributed by atoms with Crippen LogP contribution in [0.15, 0.2) is 70.6 Å². The minimum Gasteiger partial charge on any atom is -0.333 e. The molecule has 2 aromatic heterocycles. The number of hydrogen-bond donors (Lipinski definition) is 1. The van der Waals surface area contributed by atoms with Crippen LogP contribution in [0, 0.1) is 5.82 Å². The van der Waals surface area contributed by atoms with Gasteiger partial charge in [-0.15, -0.1) is 11.3 Å². The molecule has 128 valence electrons. The fraction of sp³-hybridized carbons (Fsp3) is 0. The van der Waals surface area contributed by atoms with Gasteiger partial charge in [-0.1, -0.05) is 23.4 Å². The lowest BCUT2D eigenvalue weighted by Crippen LogP contribution is -2.13. The fourth-order valence-electron chi connectivity index (χ4n) is 2.39. The number of amides is 1. The van der Waals surface area contributed by atoms with Crippen LogP contribution in [0.2, 0.25) is 0 Å². The Labute approximate surface area is 152 Å². The van der Waals surface area contributed by atoms with Crippen LogP contribution >= 0.6 is 11.3 Å². The summed E-state index contributed by atoms with van der Waals surface area (Å²) in [5, 5.41) is 8.58. The Morgan fingerprint density at radius 1 is 1.04 bits per heavy atom. The maximum Gasteiger partial charge on any atom is 0.268 e. The summed E-state index contributed by atoms with van der Waals surface area (Å²) in [6.45, 7) is 0. The van der Waals surface area contributed by atoms with E-state index in [1.165, 1.54) is 29.5 Å². The Balaban J connectivity index is 1.50. The molecule has 0 aliphatic carbocycles. The molecule has 5 nitrogen and oxygen atoms in total. The molecule has 0 aliphatic rings. The number of nitrogens with one attached hydrogen (secondary N) is 1. The van der Waals surface area contributed by atoms with Crippen LogP contribution in [-0.2, 0) is 0 Å². The molecule has 7 heteroatoms. The van der Waals surface area contributed by atoms with E-state index in [2.05, 4.69) is 15.5 Å². The summed E-state index contributed by atoms with van der Waals surface area (Å²) in [7, 11) is 0. The van der Waals surface area contributed by atoms with Crippen LogP contribution in [0.4, 0.5) is 10.1 Å². The molecule has 0 saturated heterocycles. The molecule has 0 spiro atoms. The third-order valence-corrected chi connectivity index (χ3v) is 4.54. The van der Waals surface area contributed by atoms with E-state index in [1.807, 2.05) is 17.5 Å². The van der Waals surface area contributed by atoms with Crippen molar-refractivity contribution >= 4 is 22.9 Å². The first-order valence-corrected chi connectivity index (χ1v) is 8.62. The summed E-state index contributed by atoms with van der Waals surface area (Å²) in [6.07, 6.45) is 0.